The van der Waals surface area contributed by atoms with Gasteiger partial charge >= 0.3 is 0 Å². The number of ether oxygens (including phenoxy) is 2. The van der Waals surface area contributed by atoms with Crippen LogP contribution in [-0.2, 0) is 13.0 Å². The Balaban J connectivity index is 1.82. The zero-order valence-corrected chi connectivity index (χ0v) is 14.9. The lowest BCUT2D eigenvalue weighted by Gasteiger charge is -2.13. The van der Waals surface area contributed by atoms with Gasteiger partial charge in [0.2, 0.25) is 0 Å². The summed E-state index contributed by atoms with van der Waals surface area (Å²) in [5.74, 6) is 1.61. The zero-order valence-electron chi connectivity index (χ0n) is 14.9. The number of hydrogen-bond acceptors (Lipinski definition) is 3. The van der Waals surface area contributed by atoms with E-state index in [0.717, 1.165) is 31.0 Å². The minimum atomic E-state index is 0.648. The minimum Gasteiger partial charge on any atom is -0.493 e. The van der Waals surface area contributed by atoms with Gasteiger partial charge in [0.25, 0.3) is 0 Å². The molecule has 130 valence electrons. The number of unbranched alkanes of at least 4 members (excludes halogenated alkanes) is 2. The first-order valence-electron chi connectivity index (χ1n) is 8.88. The van der Waals surface area contributed by atoms with Crippen molar-refractivity contribution < 1.29 is 9.47 Å². The summed E-state index contributed by atoms with van der Waals surface area (Å²) in [7, 11) is 1.69. The summed E-state index contributed by atoms with van der Waals surface area (Å²) in [6.07, 6.45) is 4.66. The molecule has 0 spiro atoms. The molecule has 0 heterocycles. The molecule has 0 aromatic heterocycles. The molecule has 0 saturated heterocycles. The SMILES string of the molecule is CCCCCNCc1ccc(OCCc2ccccc2)c(OC)c1. The average Bonchev–Trinajstić information content (AvgIpc) is 2.63. The van der Waals surface area contributed by atoms with Crippen molar-refractivity contribution in [2.45, 2.75) is 39.2 Å². The predicted octanol–water partition coefficient (Wildman–Crippen LogP) is 4.60. The van der Waals surface area contributed by atoms with E-state index in [-0.39, 0.29) is 0 Å². The maximum Gasteiger partial charge on any atom is 0.161 e. The summed E-state index contributed by atoms with van der Waals surface area (Å²) in [4.78, 5) is 0. The van der Waals surface area contributed by atoms with Crippen LogP contribution in [0, 0.1) is 0 Å². The topological polar surface area (TPSA) is 30.5 Å². The van der Waals surface area contributed by atoms with Gasteiger partial charge in [-0.15, -0.1) is 0 Å². The van der Waals surface area contributed by atoms with Crippen molar-refractivity contribution in [2.75, 3.05) is 20.3 Å². The van der Waals surface area contributed by atoms with Crippen molar-refractivity contribution in [3.05, 3.63) is 59.7 Å². The quantitative estimate of drug-likeness (QED) is 0.612. The highest BCUT2D eigenvalue weighted by Crippen LogP contribution is 2.28. The average molecular weight is 327 g/mol. The van der Waals surface area contributed by atoms with E-state index in [2.05, 4.69) is 48.6 Å². The maximum absolute atomic E-state index is 5.90. The smallest absolute Gasteiger partial charge is 0.161 e. The third kappa shape index (κ3) is 6.25. The number of rotatable bonds is 11. The van der Waals surface area contributed by atoms with Crippen LogP contribution < -0.4 is 14.8 Å². The van der Waals surface area contributed by atoms with Gasteiger partial charge in [-0.1, -0.05) is 56.2 Å². The number of benzene rings is 2. The molecule has 24 heavy (non-hydrogen) atoms. The first-order chi connectivity index (χ1) is 11.8. The van der Waals surface area contributed by atoms with Gasteiger partial charge in [0.15, 0.2) is 11.5 Å². The molecule has 3 nitrogen and oxygen atoms in total. The lowest BCUT2D eigenvalue weighted by atomic mass is 10.1. The summed E-state index contributed by atoms with van der Waals surface area (Å²) < 4.78 is 11.4. The first kappa shape index (κ1) is 18.3. The molecule has 2 rings (SSSR count). The van der Waals surface area contributed by atoms with Gasteiger partial charge in [0, 0.05) is 13.0 Å². The zero-order chi connectivity index (χ0) is 17.0. The van der Waals surface area contributed by atoms with Crippen LogP contribution in [0.1, 0.15) is 37.3 Å². The van der Waals surface area contributed by atoms with Gasteiger partial charge in [-0.3, -0.25) is 0 Å². The molecule has 0 unspecified atom stereocenters. The van der Waals surface area contributed by atoms with Crippen LogP contribution in [0.25, 0.3) is 0 Å². The van der Waals surface area contributed by atoms with Gasteiger partial charge < -0.3 is 14.8 Å². The Kier molecular flexibility index (Phi) is 8.19. The van der Waals surface area contributed by atoms with Crippen molar-refractivity contribution in [3.8, 4) is 11.5 Å². The Bertz CT molecular complexity index is 584. The van der Waals surface area contributed by atoms with Crippen LogP contribution in [0.3, 0.4) is 0 Å². The summed E-state index contributed by atoms with van der Waals surface area (Å²) in [5, 5.41) is 3.48. The third-order valence-electron chi connectivity index (χ3n) is 4.01. The van der Waals surface area contributed by atoms with Gasteiger partial charge in [-0.25, -0.2) is 0 Å². The fourth-order valence-corrected chi connectivity index (χ4v) is 2.60. The fourth-order valence-electron chi connectivity index (χ4n) is 2.60. The van der Waals surface area contributed by atoms with Crippen molar-refractivity contribution in [1.82, 2.24) is 5.32 Å². The molecular weight excluding hydrogens is 298 g/mol. The standard InChI is InChI=1S/C21H29NO2/c1-3-4-8-14-22-17-19-11-12-20(21(16-19)23-2)24-15-13-18-9-6-5-7-10-18/h5-7,9-12,16,22H,3-4,8,13-15,17H2,1-2H3. The minimum absolute atomic E-state index is 0.648. The van der Waals surface area contributed by atoms with Crippen LogP contribution in [0.5, 0.6) is 11.5 Å². The van der Waals surface area contributed by atoms with Crippen molar-refractivity contribution in [2.24, 2.45) is 0 Å². The van der Waals surface area contributed by atoms with Gasteiger partial charge in [0.05, 0.1) is 13.7 Å². The van der Waals surface area contributed by atoms with Crippen molar-refractivity contribution in [3.63, 3.8) is 0 Å². The summed E-state index contributed by atoms with van der Waals surface area (Å²) in [6, 6.07) is 16.5. The lowest BCUT2D eigenvalue weighted by molar-refractivity contribution is 0.297. The molecule has 0 radical (unpaired) electrons. The molecule has 0 aliphatic rings. The van der Waals surface area contributed by atoms with Crippen molar-refractivity contribution >= 4 is 0 Å². The molecule has 2 aromatic rings. The molecule has 0 aliphatic carbocycles. The molecule has 0 atom stereocenters. The Morgan fingerprint density at radius 3 is 2.50 bits per heavy atom. The van der Waals surface area contributed by atoms with E-state index in [4.69, 9.17) is 9.47 Å². The third-order valence-corrected chi connectivity index (χ3v) is 4.01. The van der Waals surface area contributed by atoms with Crippen LogP contribution in [0.4, 0.5) is 0 Å². The summed E-state index contributed by atoms with van der Waals surface area (Å²) in [5.41, 5.74) is 2.50. The molecule has 0 bridgehead atoms. The van der Waals surface area contributed by atoms with E-state index in [1.54, 1.807) is 7.11 Å². The van der Waals surface area contributed by atoms with E-state index in [1.807, 2.05) is 12.1 Å². The molecule has 0 saturated carbocycles. The predicted molar refractivity (Wildman–Crippen MR) is 99.9 cm³/mol. The lowest BCUT2D eigenvalue weighted by Crippen LogP contribution is -2.14. The van der Waals surface area contributed by atoms with Crippen LogP contribution in [0.2, 0.25) is 0 Å². The Morgan fingerprint density at radius 1 is 0.917 bits per heavy atom. The molecular formula is C21H29NO2. The van der Waals surface area contributed by atoms with Crippen LogP contribution in [-0.4, -0.2) is 20.3 Å². The monoisotopic (exact) mass is 327 g/mol. The van der Waals surface area contributed by atoms with E-state index in [1.165, 1.54) is 30.4 Å². The van der Waals surface area contributed by atoms with Gasteiger partial charge in [-0.05, 0) is 36.2 Å². The Morgan fingerprint density at radius 2 is 1.75 bits per heavy atom. The Labute approximate surface area is 146 Å². The Hall–Kier alpha value is -2.00. The molecule has 2 aromatic carbocycles. The molecule has 1 N–H and O–H groups in total. The highest BCUT2D eigenvalue weighted by molar-refractivity contribution is 5.43. The number of methoxy groups -OCH3 is 1. The summed E-state index contributed by atoms with van der Waals surface area (Å²) >= 11 is 0. The molecule has 3 heteroatoms. The highest BCUT2D eigenvalue weighted by Gasteiger charge is 2.06. The van der Waals surface area contributed by atoms with E-state index >= 15 is 0 Å². The number of nitrogens with one attached hydrogen (secondary N) is 1. The maximum atomic E-state index is 5.90. The van der Waals surface area contributed by atoms with Crippen LogP contribution >= 0.6 is 0 Å². The second-order valence-electron chi connectivity index (χ2n) is 5.95. The fraction of sp³-hybridized carbons (Fsp3) is 0.429. The van der Waals surface area contributed by atoms with E-state index < -0.39 is 0 Å². The second-order valence-corrected chi connectivity index (χ2v) is 5.95. The molecule has 0 aliphatic heterocycles. The first-order valence-corrected chi connectivity index (χ1v) is 8.88. The second kappa shape index (κ2) is 10.7. The molecule has 0 amide bonds. The van der Waals surface area contributed by atoms with E-state index in [0.29, 0.717) is 6.61 Å². The van der Waals surface area contributed by atoms with E-state index in [9.17, 15) is 0 Å². The van der Waals surface area contributed by atoms with Crippen molar-refractivity contribution in [1.29, 1.82) is 0 Å². The van der Waals surface area contributed by atoms with Crippen LogP contribution in [0.15, 0.2) is 48.5 Å². The van der Waals surface area contributed by atoms with Gasteiger partial charge in [-0.2, -0.15) is 0 Å². The molecule has 0 fully saturated rings. The largest absolute Gasteiger partial charge is 0.493 e. The normalized spacial score (nSPS) is 10.6. The number of hydrogen-bond donors (Lipinski definition) is 1. The highest BCUT2D eigenvalue weighted by atomic mass is 16.5. The summed E-state index contributed by atoms with van der Waals surface area (Å²) in [6.45, 7) is 4.80. The van der Waals surface area contributed by atoms with Gasteiger partial charge in [0.1, 0.15) is 0 Å².